The zero-order valence-electron chi connectivity index (χ0n) is 9.34. The first-order chi connectivity index (χ1) is 7.21. The standard InChI is InChI=1S/C13H17NO/c1-9-4-3-5-10-11(9)7-15-13(2)8-14-6-12(10)13/h3-5,12,14H,6-8H2,1-2H3/t12-,13-/m1/s1. The lowest BCUT2D eigenvalue weighted by molar-refractivity contribution is -0.0520. The molecule has 2 atom stereocenters. The summed E-state index contributed by atoms with van der Waals surface area (Å²) in [5.41, 5.74) is 4.28. The molecule has 15 heavy (non-hydrogen) atoms. The minimum Gasteiger partial charge on any atom is -0.369 e. The molecule has 1 aromatic rings. The van der Waals surface area contributed by atoms with Crippen LogP contribution < -0.4 is 5.32 Å². The molecule has 0 unspecified atom stereocenters. The van der Waals surface area contributed by atoms with E-state index in [2.05, 4.69) is 37.4 Å². The van der Waals surface area contributed by atoms with Crippen LogP contribution >= 0.6 is 0 Å². The van der Waals surface area contributed by atoms with Crippen LogP contribution in [0.1, 0.15) is 29.5 Å². The predicted octanol–water partition coefficient (Wildman–Crippen LogP) is 1.97. The molecule has 2 aliphatic rings. The third-order valence-corrected chi connectivity index (χ3v) is 3.93. The lowest BCUT2D eigenvalue weighted by atomic mass is 9.80. The summed E-state index contributed by atoms with van der Waals surface area (Å²) in [6.45, 7) is 7.20. The van der Waals surface area contributed by atoms with E-state index in [9.17, 15) is 0 Å². The molecule has 1 aromatic carbocycles. The summed E-state index contributed by atoms with van der Waals surface area (Å²) in [6.07, 6.45) is 0. The third-order valence-electron chi connectivity index (χ3n) is 3.93. The van der Waals surface area contributed by atoms with Crippen molar-refractivity contribution in [1.82, 2.24) is 5.32 Å². The van der Waals surface area contributed by atoms with Crippen LogP contribution in [0.3, 0.4) is 0 Å². The Morgan fingerprint density at radius 2 is 2.33 bits per heavy atom. The van der Waals surface area contributed by atoms with Gasteiger partial charge in [0.1, 0.15) is 0 Å². The van der Waals surface area contributed by atoms with Gasteiger partial charge in [0.15, 0.2) is 0 Å². The first-order valence-electron chi connectivity index (χ1n) is 5.64. The highest BCUT2D eigenvalue weighted by Gasteiger charge is 2.44. The van der Waals surface area contributed by atoms with Crippen LogP contribution in [0.15, 0.2) is 18.2 Å². The van der Waals surface area contributed by atoms with E-state index in [0.717, 1.165) is 19.7 Å². The molecular formula is C13H17NO. The normalized spacial score (nSPS) is 33.6. The zero-order chi connectivity index (χ0) is 10.5. The van der Waals surface area contributed by atoms with Gasteiger partial charge in [-0.2, -0.15) is 0 Å². The molecule has 2 nitrogen and oxygen atoms in total. The minimum atomic E-state index is 0.0147. The Labute approximate surface area is 90.6 Å². The van der Waals surface area contributed by atoms with E-state index in [-0.39, 0.29) is 5.60 Å². The van der Waals surface area contributed by atoms with Gasteiger partial charge in [-0.3, -0.25) is 0 Å². The summed E-state index contributed by atoms with van der Waals surface area (Å²) >= 11 is 0. The second-order valence-electron chi connectivity index (χ2n) is 4.93. The predicted molar refractivity (Wildman–Crippen MR) is 60.0 cm³/mol. The fourth-order valence-electron chi connectivity index (χ4n) is 2.88. The number of aryl methyl sites for hydroxylation is 1. The van der Waals surface area contributed by atoms with Crippen molar-refractivity contribution in [3.05, 3.63) is 34.9 Å². The van der Waals surface area contributed by atoms with Crippen LogP contribution in [0.2, 0.25) is 0 Å². The maximum atomic E-state index is 6.03. The molecule has 0 aromatic heterocycles. The number of nitrogens with one attached hydrogen (secondary N) is 1. The number of hydrogen-bond acceptors (Lipinski definition) is 2. The van der Waals surface area contributed by atoms with Crippen LogP contribution in [-0.2, 0) is 11.3 Å². The van der Waals surface area contributed by atoms with Crippen molar-refractivity contribution in [2.75, 3.05) is 13.1 Å². The quantitative estimate of drug-likeness (QED) is 0.696. The smallest absolute Gasteiger partial charge is 0.0863 e. The molecule has 2 aliphatic heterocycles. The van der Waals surface area contributed by atoms with Crippen molar-refractivity contribution in [1.29, 1.82) is 0 Å². The SMILES string of the molecule is Cc1cccc2c1CO[C@]1(C)CNC[C@H]21. The third kappa shape index (κ3) is 1.25. The fourth-order valence-corrected chi connectivity index (χ4v) is 2.88. The van der Waals surface area contributed by atoms with Crippen LogP contribution in [0.4, 0.5) is 0 Å². The highest BCUT2D eigenvalue weighted by molar-refractivity contribution is 5.40. The van der Waals surface area contributed by atoms with Crippen molar-refractivity contribution in [3.63, 3.8) is 0 Å². The second kappa shape index (κ2) is 3.06. The summed E-state index contributed by atoms with van der Waals surface area (Å²) in [4.78, 5) is 0. The van der Waals surface area contributed by atoms with Crippen molar-refractivity contribution in [3.8, 4) is 0 Å². The van der Waals surface area contributed by atoms with Gasteiger partial charge in [-0.15, -0.1) is 0 Å². The van der Waals surface area contributed by atoms with Crippen molar-refractivity contribution in [2.24, 2.45) is 0 Å². The average Bonchev–Trinajstić information content (AvgIpc) is 2.60. The van der Waals surface area contributed by atoms with E-state index < -0.39 is 0 Å². The van der Waals surface area contributed by atoms with Crippen LogP contribution in [0.5, 0.6) is 0 Å². The maximum Gasteiger partial charge on any atom is 0.0863 e. The molecule has 1 N–H and O–H groups in total. The molecule has 0 bridgehead atoms. The van der Waals surface area contributed by atoms with Crippen molar-refractivity contribution in [2.45, 2.75) is 32.0 Å². The Hall–Kier alpha value is -0.860. The number of ether oxygens (including phenoxy) is 1. The van der Waals surface area contributed by atoms with E-state index in [4.69, 9.17) is 4.74 Å². The average molecular weight is 203 g/mol. The summed E-state index contributed by atoms with van der Waals surface area (Å²) in [7, 11) is 0. The van der Waals surface area contributed by atoms with E-state index in [1.807, 2.05) is 0 Å². The summed E-state index contributed by atoms with van der Waals surface area (Å²) < 4.78 is 6.03. The molecule has 0 saturated carbocycles. The van der Waals surface area contributed by atoms with Gasteiger partial charge in [0.25, 0.3) is 0 Å². The van der Waals surface area contributed by atoms with E-state index in [0.29, 0.717) is 5.92 Å². The van der Waals surface area contributed by atoms with Crippen LogP contribution in [0, 0.1) is 6.92 Å². The van der Waals surface area contributed by atoms with Gasteiger partial charge in [-0.25, -0.2) is 0 Å². The van der Waals surface area contributed by atoms with Gasteiger partial charge in [0.2, 0.25) is 0 Å². The topological polar surface area (TPSA) is 21.3 Å². The molecule has 3 rings (SSSR count). The first kappa shape index (κ1) is 9.37. The Morgan fingerprint density at radius 3 is 3.20 bits per heavy atom. The highest BCUT2D eigenvalue weighted by atomic mass is 16.5. The van der Waals surface area contributed by atoms with Gasteiger partial charge in [-0.1, -0.05) is 18.2 Å². The number of fused-ring (bicyclic) bond motifs is 3. The first-order valence-corrected chi connectivity index (χ1v) is 5.64. The van der Waals surface area contributed by atoms with E-state index in [1.165, 1.54) is 16.7 Å². The van der Waals surface area contributed by atoms with Crippen LogP contribution in [-0.4, -0.2) is 18.7 Å². The lowest BCUT2D eigenvalue weighted by Gasteiger charge is -2.37. The Kier molecular flexibility index (Phi) is 1.91. The molecule has 80 valence electrons. The van der Waals surface area contributed by atoms with E-state index >= 15 is 0 Å². The van der Waals surface area contributed by atoms with Gasteiger partial charge >= 0.3 is 0 Å². The number of hydrogen-bond donors (Lipinski definition) is 1. The Bertz CT molecular complexity index is 402. The fraction of sp³-hybridized carbons (Fsp3) is 0.538. The summed E-state index contributed by atoms with van der Waals surface area (Å²) in [5, 5.41) is 3.44. The van der Waals surface area contributed by atoms with Crippen molar-refractivity contribution < 1.29 is 4.74 Å². The van der Waals surface area contributed by atoms with Crippen molar-refractivity contribution >= 4 is 0 Å². The molecule has 0 radical (unpaired) electrons. The van der Waals surface area contributed by atoms with Gasteiger partial charge in [0.05, 0.1) is 12.2 Å². The molecule has 2 heteroatoms. The van der Waals surface area contributed by atoms with Crippen LogP contribution in [0.25, 0.3) is 0 Å². The number of rotatable bonds is 0. The van der Waals surface area contributed by atoms with Gasteiger partial charge in [-0.05, 0) is 30.5 Å². The summed E-state index contributed by atoms with van der Waals surface area (Å²) in [5.74, 6) is 0.529. The maximum absolute atomic E-state index is 6.03. The lowest BCUT2D eigenvalue weighted by Crippen LogP contribution is -2.39. The minimum absolute atomic E-state index is 0.0147. The van der Waals surface area contributed by atoms with Gasteiger partial charge in [0, 0.05) is 19.0 Å². The molecule has 0 spiro atoms. The molecule has 1 saturated heterocycles. The molecule has 1 fully saturated rings. The second-order valence-corrected chi connectivity index (χ2v) is 4.93. The zero-order valence-corrected chi connectivity index (χ0v) is 9.34. The monoisotopic (exact) mass is 203 g/mol. The Balaban J connectivity index is 2.13. The largest absolute Gasteiger partial charge is 0.369 e. The molecular weight excluding hydrogens is 186 g/mol. The Morgan fingerprint density at radius 1 is 1.47 bits per heavy atom. The van der Waals surface area contributed by atoms with Gasteiger partial charge < -0.3 is 10.1 Å². The van der Waals surface area contributed by atoms with E-state index in [1.54, 1.807) is 0 Å². The highest BCUT2D eigenvalue weighted by Crippen LogP contribution is 2.41. The summed E-state index contributed by atoms with van der Waals surface area (Å²) in [6, 6.07) is 6.60. The molecule has 0 aliphatic carbocycles. The molecule has 0 amide bonds. The molecule has 2 heterocycles. The number of benzene rings is 1.